The Kier molecular flexibility index (Phi) is 9.85. The topological polar surface area (TPSA) is 134 Å². The van der Waals surface area contributed by atoms with E-state index in [1.54, 1.807) is 61.5 Å². The molecule has 1 fully saturated rings. The monoisotopic (exact) mass is 495 g/mol. The summed E-state index contributed by atoms with van der Waals surface area (Å²) in [7, 11) is 0. The van der Waals surface area contributed by atoms with E-state index >= 15 is 0 Å². The Morgan fingerprint density at radius 1 is 0.889 bits per heavy atom. The maximum absolute atomic E-state index is 13.2. The predicted octanol–water partition coefficient (Wildman–Crippen LogP) is 2.99. The minimum atomic E-state index is -1.43. The molecule has 0 spiro atoms. The first-order valence-electron chi connectivity index (χ1n) is 12.2. The number of carbonyl (C=O) groups excluding carboxylic acids is 3. The van der Waals surface area contributed by atoms with Crippen LogP contribution in [-0.4, -0.2) is 41.2 Å². The zero-order chi connectivity index (χ0) is 25.9. The van der Waals surface area contributed by atoms with Gasteiger partial charge in [0.1, 0.15) is 12.6 Å². The largest absolute Gasteiger partial charge is 0.481 e. The number of ether oxygens (including phenoxy) is 1. The van der Waals surface area contributed by atoms with Gasteiger partial charge in [0, 0.05) is 5.92 Å². The summed E-state index contributed by atoms with van der Waals surface area (Å²) < 4.78 is 5.23. The van der Waals surface area contributed by atoms with Crippen molar-refractivity contribution in [2.75, 3.05) is 0 Å². The van der Waals surface area contributed by atoms with E-state index in [0.29, 0.717) is 5.56 Å². The quantitative estimate of drug-likeness (QED) is 0.354. The summed E-state index contributed by atoms with van der Waals surface area (Å²) in [5.41, 5.74) is 1.45. The zero-order valence-corrected chi connectivity index (χ0v) is 20.3. The fourth-order valence-electron chi connectivity index (χ4n) is 4.31. The molecule has 0 aliphatic heterocycles. The molecule has 3 atom stereocenters. The van der Waals surface area contributed by atoms with Crippen LogP contribution in [0, 0.1) is 11.8 Å². The van der Waals surface area contributed by atoms with Crippen LogP contribution in [-0.2, 0) is 32.1 Å². The van der Waals surface area contributed by atoms with E-state index < -0.39 is 36.1 Å². The summed E-state index contributed by atoms with van der Waals surface area (Å²) in [5.74, 6) is -3.48. The lowest BCUT2D eigenvalue weighted by Crippen LogP contribution is -2.57. The third-order valence-corrected chi connectivity index (χ3v) is 6.23. The highest BCUT2D eigenvalue weighted by molar-refractivity contribution is 5.91. The molecule has 3 rings (SSSR count). The van der Waals surface area contributed by atoms with Gasteiger partial charge in [0.25, 0.3) is 0 Å². The Morgan fingerprint density at radius 2 is 1.47 bits per heavy atom. The normalized spacial score (nSPS) is 15.8. The smallest absolute Gasteiger partial charge is 0.408 e. The average molecular weight is 496 g/mol. The van der Waals surface area contributed by atoms with Crippen molar-refractivity contribution in [1.29, 1.82) is 0 Å². The van der Waals surface area contributed by atoms with Crippen molar-refractivity contribution in [2.24, 2.45) is 11.8 Å². The number of aliphatic carboxylic acids is 1. The molecule has 0 radical (unpaired) electrons. The van der Waals surface area contributed by atoms with Crippen molar-refractivity contribution in [3.05, 3.63) is 71.8 Å². The molecule has 1 unspecified atom stereocenters. The Balaban J connectivity index is 1.70. The van der Waals surface area contributed by atoms with Crippen LogP contribution in [0.1, 0.15) is 43.7 Å². The fraction of sp³-hybridized carbons (Fsp3) is 0.407. The average Bonchev–Trinajstić information content (AvgIpc) is 3.41. The maximum atomic E-state index is 13.2. The Morgan fingerprint density at radius 3 is 2.06 bits per heavy atom. The number of amides is 3. The van der Waals surface area contributed by atoms with Crippen LogP contribution in [0.2, 0.25) is 0 Å². The van der Waals surface area contributed by atoms with E-state index in [1.807, 2.05) is 6.07 Å². The summed E-state index contributed by atoms with van der Waals surface area (Å²) in [6.45, 7) is 1.56. The summed E-state index contributed by atoms with van der Waals surface area (Å²) in [4.78, 5) is 50.4. The molecule has 0 aromatic heterocycles. The molecule has 0 heterocycles. The molecule has 0 saturated heterocycles. The van der Waals surface area contributed by atoms with Gasteiger partial charge in [-0.05, 0) is 37.3 Å². The predicted molar refractivity (Wildman–Crippen MR) is 133 cm³/mol. The fourth-order valence-corrected chi connectivity index (χ4v) is 4.31. The number of hydrogen-bond donors (Lipinski definition) is 4. The summed E-state index contributed by atoms with van der Waals surface area (Å²) in [6, 6.07) is 16.4. The Labute approximate surface area is 210 Å². The second kappa shape index (κ2) is 13.3. The molecule has 1 saturated carbocycles. The zero-order valence-electron chi connectivity index (χ0n) is 20.3. The van der Waals surface area contributed by atoms with E-state index in [-0.39, 0.29) is 24.9 Å². The number of hydrogen-bond acceptors (Lipinski definition) is 5. The summed E-state index contributed by atoms with van der Waals surface area (Å²) in [5, 5.41) is 17.8. The molecular weight excluding hydrogens is 462 g/mol. The molecule has 1 aliphatic rings. The first kappa shape index (κ1) is 26.7. The van der Waals surface area contributed by atoms with Crippen molar-refractivity contribution in [3.63, 3.8) is 0 Å². The number of carbonyl (C=O) groups is 4. The molecule has 4 N–H and O–H groups in total. The van der Waals surface area contributed by atoms with Crippen LogP contribution in [0.3, 0.4) is 0 Å². The molecule has 0 bridgehead atoms. The van der Waals surface area contributed by atoms with Gasteiger partial charge in [0.05, 0.1) is 12.1 Å². The van der Waals surface area contributed by atoms with Gasteiger partial charge in [0.15, 0.2) is 0 Å². The van der Waals surface area contributed by atoms with E-state index in [2.05, 4.69) is 16.0 Å². The third kappa shape index (κ3) is 8.11. The van der Waals surface area contributed by atoms with E-state index in [1.165, 1.54) is 0 Å². The lowest BCUT2D eigenvalue weighted by atomic mass is 9.91. The number of nitrogens with one attached hydrogen (secondary N) is 3. The molecule has 192 valence electrons. The van der Waals surface area contributed by atoms with Gasteiger partial charge in [0.2, 0.25) is 11.8 Å². The number of carboxylic acid groups (broad SMARTS) is 1. The van der Waals surface area contributed by atoms with E-state index in [0.717, 1.165) is 31.2 Å². The number of rotatable bonds is 11. The highest BCUT2D eigenvalue weighted by Gasteiger charge is 2.36. The van der Waals surface area contributed by atoms with Crippen LogP contribution in [0.4, 0.5) is 4.79 Å². The molecule has 1 aliphatic carbocycles. The van der Waals surface area contributed by atoms with Crippen molar-refractivity contribution < 1.29 is 29.0 Å². The van der Waals surface area contributed by atoms with Gasteiger partial charge in [-0.3, -0.25) is 14.4 Å². The lowest BCUT2D eigenvalue weighted by molar-refractivity contribution is -0.145. The molecule has 2 aromatic rings. The maximum Gasteiger partial charge on any atom is 0.408 e. The van der Waals surface area contributed by atoms with Crippen LogP contribution in [0.25, 0.3) is 0 Å². The first-order valence-corrected chi connectivity index (χ1v) is 12.2. The Bertz CT molecular complexity index is 1020. The van der Waals surface area contributed by atoms with Gasteiger partial charge in [-0.15, -0.1) is 0 Å². The second-order valence-corrected chi connectivity index (χ2v) is 9.04. The second-order valence-electron chi connectivity index (χ2n) is 9.04. The number of benzene rings is 2. The highest BCUT2D eigenvalue weighted by Crippen LogP contribution is 2.24. The van der Waals surface area contributed by atoms with Crippen LogP contribution >= 0.6 is 0 Å². The van der Waals surface area contributed by atoms with Crippen LogP contribution in [0.5, 0.6) is 0 Å². The molecular formula is C27H33N3O6. The van der Waals surface area contributed by atoms with Crippen molar-refractivity contribution in [2.45, 2.75) is 57.8 Å². The minimum Gasteiger partial charge on any atom is -0.481 e. The number of carboxylic acids is 1. The summed E-state index contributed by atoms with van der Waals surface area (Å²) in [6.07, 6.45) is 1.95. The van der Waals surface area contributed by atoms with Gasteiger partial charge in [-0.25, -0.2) is 4.79 Å². The van der Waals surface area contributed by atoms with Crippen molar-refractivity contribution >= 4 is 23.9 Å². The van der Waals surface area contributed by atoms with Crippen molar-refractivity contribution in [1.82, 2.24) is 16.0 Å². The SMILES string of the molecule is C[C@H](NC(=O)C1CCCC1)NC(=O)[C@@H](NC(=O)OCc1ccccc1)C(Cc1ccccc1)C(=O)O. The standard InChI is InChI=1S/C27H33N3O6/c1-18(28-24(31)21-14-8-9-15-21)29-25(32)23(22(26(33)34)16-19-10-4-2-5-11-19)30-27(35)36-17-20-12-6-3-7-13-20/h2-7,10-13,18,21-23H,8-9,14-17H2,1H3,(H,28,31)(H,29,32)(H,30,35)(H,33,34)/t18-,22?,23+/m1/s1. The van der Waals surface area contributed by atoms with Gasteiger partial charge in [-0.1, -0.05) is 73.5 Å². The minimum absolute atomic E-state index is 0.00996. The Hall–Kier alpha value is -3.88. The summed E-state index contributed by atoms with van der Waals surface area (Å²) >= 11 is 0. The highest BCUT2D eigenvalue weighted by atomic mass is 16.5. The van der Waals surface area contributed by atoms with E-state index in [4.69, 9.17) is 4.74 Å². The van der Waals surface area contributed by atoms with Gasteiger partial charge >= 0.3 is 12.1 Å². The molecule has 9 nitrogen and oxygen atoms in total. The van der Waals surface area contributed by atoms with E-state index in [9.17, 15) is 24.3 Å². The molecule has 9 heteroatoms. The van der Waals surface area contributed by atoms with Crippen molar-refractivity contribution in [3.8, 4) is 0 Å². The van der Waals surface area contributed by atoms with Gasteiger partial charge < -0.3 is 25.8 Å². The molecule has 36 heavy (non-hydrogen) atoms. The third-order valence-electron chi connectivity index (χ3n) is 6.23. The van der Waals surface area contributed by atoms with Gasteiger partial charge in [-0.2, -0.15) is 0 Å². The first-order chi connectivity index (χ1) is 17.3. The van der Waals surface area contributed by atoms with Crippen LogP contribution < -0.4 is 16.0 Å². The molecule has 3 amide bonds. The lowest BCUT2D eigenvalue weighted by Gasteiger charge is -2.26. The number of alkyl carbamates (subject to hydrolysis) is 1. The van der Waals surface area contributed by atoms with Crippen LogP contribution in [0.15, 0.2) is 60.7 Å². The molecule has 2 aromatic carbocycles.